The Balaban J connectivity index is 1.31. The van der Waals surface area contributed by atoms with Crippen molar-refractivity contribution in [2.24, 2.45) is 11.8 Å². The number of hydrogen-bond donors (Lipinski definition) is 4. The number of quaternary nitrogens is 1. The van der Waals surface area contributed by atoms with E-state index in [-0.39, 0.29) is 46.7 Å². The molecule has 0 spiro atoms. The number of fused-ring (bicyclic) bond motifs is 8. The van der Waals surface area contributed by atoms with Gasteiger partial charge in [-0.25, -0.2) is 5.21 Å². The zero-order chi connectivity index (χ0) is 25.7. The monoisotopic (exact) mass is 502 g/mol. The average molecular weight is 503 g/mol. The smallest absolute Gasteiger partial charge is 0.250 e. The van der Waals surface area contributed by atoms with Gasteiger partial charge in [-0.1, -0.05) is 18.2 Å². The number of nitrogens with one attached hydrogen (secondary N) is 2. The molecular weight excluding hydrogens is 472 g/mol. The van der Waals surface area contributed by atoms with Crippen molar-refractivity contribution < 1.29 is 20.3 Å². The van der Waals surface area contributed by atoms with Crippen LogP contribution in [0.4, 0.5) is 11.4 Å². The molecule has 2 bridgehead atoms. The van der Waals surface area contributed by atoms with E-state index in [0.717, 1.165) is 28.9 Å². The van der Waals surface area contributed by atoms with Gasteiger partial charge in [-0.05, 0) is 60.6 Å². The second-order valence-electron chi connectivity index (χ2n) is 10.4. The maximum absolute atomic E-state index is 13.6. The van der Waals surface area contributed by atoms with E-state index in [0.29, 0.717) is 32.5 Å². The Morgan fingerprint density at radius 2 is 1.92 bits per heavy atom. The zero-order valence-corrected chi connectivity index (χ0v) is 20.3. The van der Waals surface area contributed by atoms with Crippen LogP contribution in [0.1, 0.15) is 29.2 Å². The van der Waals surface area contributed by atoms with Crippen molar-refractivity contribution in [3.05, 3.63) is 93.0 Å². The van der Waals surface area contributed by atoms with E-state index in [1.54, 1.807) is 30.3 Å². The number of anilines is 1. The van der Waals surface area contributed by atoms with Crippen molar-refractivity contribution in [2.75, 3.05) is 18.0 Å². The maximum Gasteiger partial charge on any atom is 0.250 e. The van der Waals surface area contributed by atoms with E-state index in [4.69, 9.17) is 0 Å². The summed E-state index contributed by atoms with van der Waals surface area (Å²) in [6.45, 7) is 1.72. The number of aromatic hydroxyl groups is 1. The number of hydrogen-bond acceptors (Lipinski definition) is 6. The fourth-order valence-corrected chi connectivity index (χ4v) is 6.61. The van der Waals surface area contributed by atoms with E-state index in [9.17, 15) is 25.1 Å². The lowest BCUT2D eigenvalue weighted by atomic mass is 9.70. The number of pyridine rings is 1. The number of rotatable bonds is 5. The maximum atomic E-state index is 13.6. The fourth-order valence-electron chi connectivity index (χ4n) is 6.61. The first-order valence-corrected chi connectivity index (χ1v) is 12.8. The lowest BCUT2D eigenvalue weighted by Crippen LogP contribution is -2.99. The van der Waals surface area contributed by atoms with Gasteiger partial charge in [0.15, 0.2) is 5.69 Å². The molecule has 2 aromatic carbocycles. The van der Waals surface area contributed by atoms with Crippen LogP contribution >= 0.6 is 0 Å². The Labute approximate surface area is 214 Å². The van der Waals surface area contributed by atoms with Crippen LogP contribution in [0.25, 0.3) is 0 Å². The minimum Gasteiger partial charge on any atom is -0.595 e. The summed E-state index contributed by atoms with van der Waals surface area (Å²) in [7, 11) is 0. The Kier molecular flexibility index (Phi) is 5.98. The van der Waals surface area contributed by atoms with Crippen LogP contribution in [0.3, 0.4) is 0 Å². The second kappa shape index (κ2) is 9.33. The molecule has 1 aromatic heterocycles. The summed E-state index contributed by atoms with van der Waals surface area (Å²) in [5.41, 5.74) is 4.13. The van der Waals surface area contributed by atoms with E-state index in [2.05, 4.69) is 10.2 Å². The van der Waals surface area contributed by atoms with Crippen LogP contribution in [-0.2, 0) is 24.2 Å². The molecule has 3 aromatic rings. The fraction of sp³-hybridized carbons (Fsp3) is 0.357. The first-order valence-electron chi connectivity index (χ1n) is 12.8. The summed E-state index contributed by atoms with van der Waals surface area (Å²) in [5, 5.41) is 32.9. The molecule has 1 amide bonds. The number of phenols is 1. The van der Waals surface area contributed by atoms with Crippen molar-refractivity contribution >= 4 is 17.3 Å². The molecule has 0 saturated carbocycles. The summed E-state index contributed by atoms with van der Waals surface area (Å²) < 4.78 is 1.87. The van der Waals surface area contributed by atoms with Crippen LogP contribution in [0.15, 0.2) is 65.5 Å². The standard InChI is InChI=1S/C28H30N4O5/c33-22-7-4-17(5-8-22)10-11-29-28(35)23-14-18-13-21(32(36)37)6-9-25(18)31-15-19-12-20(27(23)31)16-30-24(19)2-1-3-26(30)34/h1-9,13,19-20,23,27,32-33,36H,10-12,14-16H2,(H,29,35). The highest BCUT2D eigenvalue weighted by molar-refractivity contribution is 5.82. The molecule has 4 N–H and O–H groups in total. The lowest BCUT2D eigenvalue weighted by molar-refractivity contribution is -0.991. The number of nitrogens with zero attached hydrogens (tertiary/aromatic N) is 2. The molecule has 5 unspecified atom stereocenters. The van der Waals surface area contributed by atoms with Gasteiger partial charge in [0, 0.05) is 61.2 Å². The molecular formula is C28H30N4O5. The molecule has 3 aliphatic rings. The molecule has 0 aliphatic carbocycles. The lowest BCUT2D eigenvalue weighted by Gasteiger charge is -2.54. The number of amides is 1. The molecule has 9 heteroatoms. The van der Waals surface area contributed by atoms with Gasteiger partial charge in [0.25, 0.3) is 5.56 Å². The third-order valence-corrected chi connectivity index (χ3v) is 8.24. The number of phenolic OH excluding ortho intramolecular Hbond substituents is 1. The predicted octanol–water partition coefficient (Wildman–Crippen LogP) is 1.48. The van der Waals surface area contributed by atoms with Crippen molar-refractivity contribution in [2.45, 2.75) is 37.8 Å². The molecule has 37 heavy (non-hydrogen) atoms. The quantitative estimate of drug-likeness (QED) is 0.392. The van der Waals surface area contributed by atoms with Crippen LogP contribution < -0.4 is 21.0 Å². The van der Waals surface area contributed by atoms with Gasteiger partial charge in [0.2, 0.25) is 5.91 Å². The highest BCUT2D eigenvalue weighted by atomic mass is 16.8. The minimum atomic E-state index is -0.983. The number of carbonyl (C=O) groups excluding carboxylic acids is 1. The highest BCUT2D eigenvalue weighted by Gasteiger charge is 2.49. The SMILES string of the molecule is O=C(NCCc1ccc(O)cc1)C1Cc2cc([NH+]([O-])O)ccc2N2CC3CC(Cn4c3cccc4=O)C12. The van der Waals surface area contributed by atoms with E-state index < -0.39 is 5.23 Å². The predicted molar refractivity (Wildman–Crippen MR) is 137 cm³/mol. The van der Waals surface area contributed by atoms with Crippen LogP contribution in [0.5, 0.6) is 5.75 Å². The third kappa shape index (κ3) is 4.29. The summed E-state index contributed by atoms with van der Waals surface area (Å²) in [6.07, 6.45) is 2.02. The Bertz CT molecular complexity index is 1390. The average Bonchev–Trinajstić information content (AvgIpc) is 2.89. The first-order chi connectivity index (χ1) is 17.9. The Morgan fingerprint density at radius 3 is 2.70 bits per heavy atom. The summed E-state index contributed by atoms with van der Waals surface area (Å²) in [5.74, 6) is 0.102. The van der Waals surface area contributed by atoms with Gasteiger partial charge in [0.05, 0.1) is 5.92 Å². The summed E-state index contributed by atoms with van der Waals surface area (Å²) >= 11 is 0. The van der Waals surface area contributed by atoms with Crippen LogP contribution in [0.2, 0.25) is 0 Å². The molecule has 9 nitrogen and oxygen atoms in total. The third-order valence-electron chi connectivity index (χ3n) is 8.24. The summed E-state index contributed by atoms with van der Waals surface area (Å²) in [4.78, 5) is 28.6. The molecule has 6 rings (SSSR count). The molecule has 5 atom stereocenters. The molecule has 1 saturated heterocycles. The zero-order valence-electron chi connectivity index (χ0n) is 20.3. The number of aromatic nitrogens is 1. The van der Waals surface area contributed by atoms with Crippen LogP contribution in [0, 0.1) is 17.0 Å². The van der Waals surface area contributed by atoms with Crippen molar-refractivity contribution in [3.63, 3.8) is 0 Å². The van der Waals surface area contributed by atoms with Crippen molar-refractivity contribution in [3.8, 4) is 5.75 Å². The van der Waals surface area contributed by atoms with Crippen LogP contribution in [-0.4, -0.2) is 39.9 Å². The molecule has 4 heterocycles. The Morgan fingerprint density at radius 1 is 1.11 bits per heavy atom. The van der Waals surface area contributed by atoms with Gasteiger partial charge >= 0.3 is 0 Å². The number of piperidine rings is 1. The van der Waals surface area contributed by atoms with Gasteiger partial charge in [-0.15, -0.1) is 0 Å². The number of carbonyl (C=O) groups is 1. The van der Waals surface area contributed by atoms with Crippen molar-refractivity contribution in [1.82, 2.24) is 9.88 Å². The van der Waals surface area contributed by atoms with E-state index in [1.165, 1.54) is 0 Å². The number of benzene rings is 2. The molecule has 192 valence electrons. The Hall–Kier alpha value is -3.66. The molecule has 1 fully saturated rings. The van der Waals surface area contributed by atoms with Gasteiger partial charge in [-0.2, -0.15) is 5.23 Å². The molecule has 0 radical (unpaired) electrons. The largest absolute Gasteiger partial charge is 0.595 e. The van der Waals surface area contributed by atoms with E-state index >= 15 is 0 Å². The topological polar surface area (TPSA) is 122 Å². The molecule has 3 aliphatic heterocycles. The normalized spacial score (nSPS) is 24.4. The highest BCUT2D eigenvalue weighted by Crippen LogP contribution is 2.47. The first kappa shape index (κ1) is 23.7. The van der Waals surface area contributed by atoms with Gasteiger partial charge in [-0.3, -0.25) is 9.59 Å². The van der Waals surface area contributed by atoms with Gasteiger partial charge < -0.3 is 25.1 Å². The minimum absolute atomic E-state index is 0.00198. The summed E-state index contributed by atoms with van der Waals surface area (Å²) in [6, 6.07) is 17.5. The second-order valence-corrected chi connectivity index (χ2v) is 10.4. The van der Waals surface area contributed by atoms with Crippen molar-refractivity contribution in [1.29, 1.82) is 0 Å². The van der Waals surface area contributed by atoms with E-state index in [1.807, 2.05) is 34.9 Å². The van der Waals surface area contributed by atoms with Gasteiger partial charge in [0.1, 0.15) is 5.75 Å².